The van der Waals surface area contributed by atoms with Crippen molar-refractivity contribution in [3.8, 4) is 22.9 Å². The van der Waals surface area contributed by atoms with Crippen LogP contribution >= 0.6 is 0 Å². The number of hydrogen-bond donors (Lipinski definition) is 1. The minimum Gasteiger partial charge on any atom is -0.490 e. The van der Waals surface area contributed by atoms with Crippen molar-refractivity contribution >= 4 is 5.91 Å². The van der Waals surface area contributed by atoms with Gasteiger partial charge in [0.05, 0.1) is 31.7 Å². The molecule has 39 heavy (non-hydrogen) atoms. The van der Waals surface area contributed by atoms with E-state index in [-0.39, 0.29) is 23.3 Å². The molecule has 0 bridgehead atoms. The Morgan fingerprint density at radius 3 is 2.51 bits per heavy atom. The quantitative estimate of drug-likeness (QED) is 0.345. The summed E-state index contributed by atoms with van der Waals surface area (Å²) >= 11 is 0. The lowest BCUT2D eigenvalue weighted by molar-refractivity contribution is -0.127. The van der Waals surface area contributed by atoms with Gasteiger partial charge in [-0.05, 0) is 68.8 Å². The van der Waals surface area contributed by atoms with E-state index in [1.807, 2.05) is 51.1 Å². The summed E-state index contributed by atoms with van der Waals surface area (Å²) in [6.07, 6.45) is 1.80. The first kappa shape index (κ1) is 28.6. The van der Waals surface area contributed by atoms with Gasteiger partial charge in [0.25, 0.3) is 0 Å². The molecule has 0 saturated carbocycles. The number of amides is 1. The van der Waals surface area contributed by atoms with Gasteiger partial charge in [-0.15, -0.1) is 0 Å². The molecule has 8 heteroatoms. The third-order valence-electron chi connectivity index (χ3n) is 7.14. The van der Waals surface area contributed by atoms with Crippen molar-refractivity contribution in [2.75, 3.05) is 26.3 Å². The maximum absolute atomic E-state index is 13.2. The minimum absolute atomic E-state index is 0.0594. The van der Waals surface area contributed by atoms with Gasteiger partial charge in [-0.25, -0.2) is 0 Å². The summed E-state index contributed by atoms with van der Waals surface area (Å²) in [6, 6.07) is 14.0. The summed E-state index contributed by atoms with van der Waals surface area (Å²) in [5.41, 5.74) is 3.27. The number of likely N-dealkylation sites (tertiary alicyclic amines) is 1. The van der Waals surface area contributed by atoms with Crippen molar-refractivity contribution in [3.63, 3.8) is 0 Å². The standard InChI is InChI=1S/C31H42N4O4/c1-7-37-26-16-13-23(18-27(26)38-8-2)21(3)32-30(36)24-10-9-17-35(19-24)20-28-33-29(34-39-28)22-11-14-25(15-12-22)31(4,5)6/h11-16,18,21,24H,7-10,17,19-20H2,1-6H3,(H,32,36). The highest BCUT2D eigenvalue weighted by atomic mass is 16.5. The number of piperidine rings is 1. The number of nitrogens with one attached hydrogen (secondary N) is 1. The Kier molecular flexibility index (Phi) is 9.28. The lowest BCUT2D eigenvalue weighted by Gasteiger charge is -2.31. The molecule has 210 valence electrons. The fraction of sp³-hybridized carbons (Fsp3) is 0.516. The van der Waals surface area contributed by atoms with E-state index in [1.54, 1.807) is 0 Å². The van der Waals surface area contributed by atoms with Crippen molar-refractivity contribution in [3.05, 3.63) is 59.5 Å². The second kappa shape index (κ2) is 12.6. The summed E-state index contributed by atoms with van der Waals surface area (Å²) in [5.74, 6) is 2.54. The molecule has 3 aromatic rings. The van der Waals surface area contributed by atoms with E-state index >= 15 is 0 Å². The highest BCUT2D eigenvalue weighted by Crippen LogP contribution is 2.31. The third-order valence-corrected chi connectivity index (χ3v) is 7.14. The molecule has 2 heterocycles. The Bertz CT molecular complexity index is 1230. The van der Waals surface area contributed by atoms with Gasteiger partial charge < -0.3 is 19.3 Å². The zero-order valence-corrected chi connectivity index (χ0v) is 24.1. The molecule has 1 N–H and O–H groups in total. The van der Waals surface area contributed by atoms with Crippen LogP contribution in [0.4, 0.5) is 0 Å². The summed E-state index contributed by atoms with van der Waals surface area (Å²) in [6.45, 7) is 15.7. The largest absolute Gasteiger partial charge is 0.490 e. The summed E-state index contributed by atoms with van der Waals surface area (Å²) in [7, 11) is 0. The Morgan fingerprint density at radius 2 is 1.82 bits per heavy atom. The topological polar surface area (TPSA) is 89.7 Å². The predicted octanol–water partition coefficient (Wildman–Crippen LogP) is 5.92. The summed E-state index contributed by atoms with van der Waals surface area (Å²) < 4.78 is 17.0. The van der Waals surface area contributed by atoms with E-state index < -0.39 is 0 Å². The van der Waals surface area contributed by atoms with E-state index in [0.29, 0.717) is 43.8 Å². The average Bonchev–Trinajstić information content (AvgIpc) is 3.38. The van der Waals surface area contributed by atoms with Crippen molar-refractivity contribution < 1.29 is 18.8 Å². The van der Waals surface area contributed by atoms with Gasteiger partial charge >= 0.3 is 0 Å². The number of aromatic nitrogens is 2. The molecule has 2 atom stereocenters. The zero-order chi connectivity index (χ0) is 28.0. The molecule has 8 nitrogen and oxygen atoms in total. The van der Waals surface area contributed by atoms with Gasteiger partial charge in [0.15, 0.2) is 11.5 Å². The average molecular weight is 535 g/mol. The fourth-order valence-electron chi connectivity index (χ4n) is 4.91. The number of carbonyl (C=O) groups excluding carboxylic acids is 1. The molecule has 0 spiro atoms. The molecule has 1 amide bonds. The predicted molar refractivity (Wildman–Crippen MR) is 152 cm³/mol. The molecule has 4 rings (SSSR count). The molecule has 2 unspecified atom stereocenters. The van der Waals surface area contributed by atoms with E-state index in [1.165, 1.54) is 5.56 Å². The third kappa shape index (κ3) is 7.38. The molecule has 1 aliphatic rings. The number of ether oxygens (including phenoxy) is 2. The smallest absolute Gasteiger partial charge is 0.241 e. The maximum Gasteiger partial charge on any atom is 0.241 e. The van der Waals surface area contributed by atoms with Crippen molar-refractivity contribution in [2.24, 2.45) is 5.92 Å². The van der Waals surface area contributed by atoms with Gasteiger partial charge in [-0.3, -0.25) is 9.69 Å². The van der Waals surface area contributed by atoms with Gasteiger partial charge in [-0.1, -0.05) is 56.3 Å². The van der Waals surface area contributed by atoms with E-state index in [2.05, 4.69) is 53.3 Å². The van der Waals surface area contributed by atoms with E-state index in [4.69, 9.17) is 14.0 Å². The van der Waals surface area contributed by atoms with Crippen LogP contribution in [0.5, 0.6) is 11.5 Å². The molecule has 0 radical (unpaired) electrons. The molecule has 2 aromatic carbocycles. The number of carbonyl (C=O) groups is 1. The Hall–Kier alpha value is -3.39. The van der Waals surface area contributed by atoms with Crippen molar-refractivity contribution in [1.82, 2.24) is 20.4 Å². The number of nitrogens with zero attached hydrogens (tertiary/aromatic N) is 3. The SMILES string of the molecule is CCOc1ccc(C(C)NC(=O)C2CCCN(Cc3nc(-c4ccc(C(C)(C)C)cc4)no3)C2)cc1OCC. The Morgan fingerprint density at radius 1 is 1.10 bits per heavy atom. The molecule has 1 fully saturated rings. The fourth-order valence-corrected chi connectivity index (χ4v) is 4.91. The van der Waals surface area contributed by atoms with Crippen LogP contribution in [0.1, 0.15) is 77.4 Å². The Balaban J connectivity index is 1.34. The van der Waals surface area contributed by atoms with Crippen LogP contribution in [-0.4, -0.2) is 47.3 Å². The molecule has 1 aromatic heterocycles. The molecular formula is C31H42N4O4. The van der Waals surface area contributed by atoms with Crippen LogP contribution in [-0.2, 0) is 16.8 Å². The Labute approximate surface area is 232 Å². The van der Waals surface area contributed by atoms with Crippen LogP contribution in [0.25, 0.3) is 11.4 Å². The van der Waals surface area contributed by atoms with Crippen LogP contribution in [0.3, 0.4) is 0 Å². The van der Waals surface area contributed by atoms with Crippen LogP contribution in [0, 0.1) is 5.92 Å². The molecule has 1 aliphatic heterocycles. The number of hydrogen-bond acceptors (Lipinski definition) is 7. The summed E-state index contributed by atoms with van der Waals surface area (Å²) in [5, 5.41) is 7.40. The van der Waals surface area contributed by atoms with Crippen LogP contribution in [0.15, 0.2) is 47.0 Å². The lowest BCUT2D eigenvalue weighted by atomic mass is 9.87. The van der Waals surface area contributed by atoms with Crippen LogP contribution < -0.4 is 14.8 Å². The van der Waals surface area contributed by atoms with Crippen molar-refractivity contribution in [2.45, 2.75) is 72.4 Å². The second-order valence-electron chi connectivity index (χ2n) is 11.2. The number of benzene rings is 2. The first-order valence-corrected chi connectivity index (χ1v) is 14.0. The van der Waals surface area contributed by atoms with Gasteiger partial charge in [0.2, 0.25) is 17.6 Å². The number of rotatable bonds is 10. The van der Waals surface area contributed by atoms with E-state index in [9.17, 15) is 4.79 Å². The maximum atomic E-state index is 13.2. The highest BCUT2D eigenvalue weighted by molar-refractivity contribution is 5.79. The van der Waals surface area contributed by atoms with Gasteiger partial charge in [0, 0.05) is 12.1 Å². The molecule has 1 saturated heterocycles. The monoisotopic (exact) mass is 534 g/mol. The molecule has 0 aliphatic carbocycles. The first-order valence-electron chi connectivity index (χ1n) is 14.0. The van der Waals surface area contributed by atoms with Crippen molar-refractivity contribution in [1.29, 1.82) is 0 Å². The second-order valence-corrected chi connectivity index (χ2v) is 11.2. The molecular weight excluding hydrogens is 492 g/mol. The zero-order valence-electron chi connectivity index (χ0n) is 24.1. The summed E-state index contributed by atoms with van der Waals surface area (Å²) in [4.78, 5) is 20.1. The lowest BCUT2D eigenvalue weighted by Crippen LogP contribution is -2.43. The van der Waals surface area contributed by atoms with Gasteiger partial charge in [0.1, 0.15) is 0 Å². The van der Waals surface area contributed by atoms with Crippen LogP contribution in [0.2, 0.25) is 0 Å². The van der Waals surface area contributed by atoms with E-state index in [0.717, 1.165) is 36.3 Å². The normalized spacial score (nSPS) is 17.0. The first-order chi connectivity index (χ1) is 18.7. The highest BCUT2D eigenvalue weighted by Gasteiger charge is 2.28. The minimum atomic E-state index is -0.147. The van der Waals surface area contributed by atoms with Gasteiger partial charge in [-0.2, -0.15) is 4.98 Å².